The normalized spacial score (nSPS) is 16.5. The van der Waals surface area contributed by atoms with Crippen molar-refractivity contribution in [1.82, 2.24) is 15.3 Å². The molecule has 3 heterocycles. The Bertz CT molecular complexity index is 931. The lowest BCUT2D eigenvalue weighted by Gasteiger charge is -2.21. The molecule has 1 aliphatic heterocycles. The Balaban J connectivity index is 1.86. The van der Waals surface area contributed by atoms with E-state index in [1.54, 1.807) is 18.5 Å². The third-order valence-electron chi connectivity index (χ3n) is 4.28. The van der Waals surface area contributed by atoms with Crippen LogP contribution in [-0.2, 0) is 9.59 Å². The van der Waals surface area contributed by atoms with E-state index in [9.17, 15) is 9.59 Å². The van der Waals surface area contributed by atoms with Crippen LogP contribution >= 0.6 is 0 Å². The SMILES string of the molecule is CCCC(=O)C1C=C(C)C(c2cc3cnc(NC(C)=O)cc3cn2)=CN1. The van der Waals surface area contributed by atoms with Gasteiger partial charge in [-0.05, 0) is 31.1 Å². The van der Waals surface area contributed by atoms with E-state index in [-0.39, 0.29) is 17.7 Å². The Hall–Kier alpha value is -3.02. The van der Waals surface area contributed by atoms with Gasteiger partial charge >= 0.3 is 0 Å². The van der Waals surface area contributed by atoms with E-state index in [0.717, 1.165) is 34.0 Å². The van der Waals surface area contributed by atoms with E-state index in [0.29, 0.717) is 12.2 Å². The number of rotatable bonds is 5. The lowest BCUT2D eigenvalue weighted by atomic mass is 9.96. The highest BCUT2D eigenvalue weighted by Gasteiger charge is 2.20. The number of Topliss-reactive ketones (excluding diaryl/α,β-unsaturated/α-hetero) is 1. The smallest absolute Gasteiger partial charge is 0.222 e. The summed E-state index contributed by atoms with van der Waals surface area (Å²) in [6, 6.07) is 3.49. The molecule has 134 valence electrons. The molecule has 6 nitrogen and oxygen atoms in total. The molecular formula is C20H22N4O2. The summed E-state index contributed by atoms with van der Waals surface area (Å²) in [6.45, 7) is 5.44. The molecule has 0 spiro atoms. The number of dihydropyridines is 1. The van der Waals surface area contributed by atoms with Crippen LogP contribution in [-0.4, -0.2) is 27.7 Å². The minimum absolute atomic E-state index is 0.159. The fourth-order valence-electron chi connectivity index (χ4n) is 2.97. The first-order valence-corrected chi connectivity index (χ1v) is 8.69. The average Bonchev–Trinajstić information content (AvgIpc) is 2.61. The van der Waals surface area contributed by atoms with Crippen molar-refractivity contribution in [3.63, 3.8) is 0 Å². The van der Waals surface area contributed by atoms with Crippen molar-refractivity contribution in [3.8, 4) is 0 Å². The second-order valence-corrected chi connectivity index (χ2v) is 6.44. The molecule has 0 radical (unpaired) electrons. The minimum Gasteiger partial charge on any atom is -0.378 e. The second-order valence-electron chi connectivity index (χ2n) is 6.44. The first kappa shape index (κ1) is 17.8. The van der Waals surface area contributed by atoms with Crippen LogP contribution in [0.2, 0.25) is 0 Å². The Morgan fingerprint density at radius 3 is 2.62 bits per heavy atom. The van der Waals surface area contributed by atoms with Crippen molar-refractivity contribution in [2.24, 2.45) is 0 Å². The molecule has 0 aromatic carbocycles. The van der Waals surface area contributed by atoms with Crippen molar-refractivity contribution >= 4 is 33.9 Å². The lowest BCUT2D eigenvalue weighted by Crippen LogP contribution is -2.34. The molecule has 0 fully saturated rings. The molecule has 1 atom stereocenters. The Kier molecular flexibility index (Phi) is 5.11. The molecule has 6 heteroatoms. The van der Waals surface area contributed by atoms with Gasteiger partial charge in [0.25, 0.3) is 0 Å². The minimum atomic E-state index is -0.263. The van der Waals surface area contributed by atoms with E-state index >= 15 is 0 Å². The summed E-state index contributed by atoms with van der Waals surface area (Å²) in [5.41, 5.74) is 2.79. The molecule has 2 aromatic rings. The molecule has 0 saturated heterocycles. The van der Waals surface area contributed by atoms with Crippen molar-refractivity contribution in [2.75, 3.05) is 5.32 Å². The van der Waals surface area contributed by atoms with Crippen LogP contribution in [0.1, 0.15) is 39.3 Å². The number of anilines is 1. The number of pyridine rings is 2. The van der Waals surface area contributed by atoms with E-state index in [2.05, 4.69) is 20.6 Å². The standard InChI is InChI=1S/C20H22N4O2/c1-4-5-19(26)18-6-12(2)16(11-22-18)17-7-14-10-23-20(24-13(3)25)8-15(14)9-21-17/h6-11,18,22H,4-5H2,1-3H3,(H,23,24,25). The number of fused-ring (bicyclic) bond motifs is 1. The number of nitrogens with zero attached hydrogens (tertiary/aromatic N) is 2. The first-order valence-electron chi connectivity index (χ1n) is 8.69. The number of carbonyl (C=O) groups excluding carboxylic acids is 2. The lowest BCUT2D eigenvalue weighted by molar-refractivity contribution is -0.119. The van der Waals surface area contributed by atoms with Crippen LogP contribution in [0.3, 0.4) is 0 Å². The van der Waals surface area contributed by atoms with E-state index < -0.39 is 0 Å². The maximum absolute atomic E-state index is 12.1. The maximum atomic E-state index is 12.1. The summed E-state index contributed by atoms with van der Waals surface area (Å²) >= 11 is 0. The molecule has 1 unspecified atom stereocenters. The third kappa shape index (κ3) is 3.79. The van der Waals surface area contributed by atoms with Crippen LogP contribution in [0.15, 0.2) is 42.4 Å². The summed E-state index contributed by atoms with van der Waals surface area (Å²) in [4.78, 5) is 32.0. The summed E-state index contributed by atoms with van der Waals surface area (Å²) in [6.07, 6.45) is 8.72. The summed E-state index contributed by atoms with van der Waals surface area (Å²) in [5, 5.41) is 7.67. The van der Waals surface area contributed by atoms with Gasteiger partial charge in [0, 0.05) is 48.3 Å². The van der Waals surface area contributed by atoms with Crippen LogP contribution in [0.4, 0.5) is 5.82 Å². The molecule has 2 N–H and O–H groups in total. The molecule has 0 bridgehead atoms. The Morgan fingerprint density at radius 2 is 1.92 bits per heavy atom. The van der Waals surface area contributed by atoms with Gasteiger partial charge in [-0.3, -0.25) is 14.6 Å². The Morgan fingerprint density at radius 1 is 1.19 bits per heavy atom. The van der Waals surface area contributed by atoms with Gasteiger partial charge in [0.1, 0.15) is 11.9 Å². The van der Waals surface area contributed by atoms with Gasteiger partial charge in [-0.2, -0.15) is 0 Å². The molecule has 0 saturated carbocycles. The highest BCUT2D eigenvalue weighted by atomic mass is 16.1. The van der Waals surface area contributed by atoms with Gasteiger partial charge in [-0.15, -0.1) is 0 Å². The van der Waals surface area contributed by atoms with Crippen LogP contribution < -0.4 is 10.6 Å². The molecule has 1 amide bonds. The largest absolute Gasteiger partial charge is 0.378 e. The number of aromatic nitrogens is 2. The highest BCUT2D eigenvalue weighted by molar-refractivity contribution is 5.93. The topological polar surface area (TPSA) is 84.0 Å². The summed E-state index contributed by atoms with van der Waals surface area (Å²) in [7, 11) is 0. The molecule has 26 heavy (non-hydrogen) atoms. The van der Waals surface area contributed by atoms with Gasteiger partial charge < -0.3 is 10.6 Å². The number of hydrogen-bond donors (Lipinski definition) is 2. The quantitative estimate of drug-likeness (QED) is 0.865. The number of allylic oxidation sites excluding steroid dienone is 2. The van der Waals surface area contributed by atoms with E-state index in [4.69, 9.17) is 0 Å². The molecule has 1 aliphatic rings. The predicted molar refractivity (Wildman–Crippen MR) is 102 cm³/mol. The third-order valence-corrected chi connectivity index (χ3v) is 4.28. The summed E-state index contributed by atoms with van der Waals surface area (Å²) in [5.74, 6) is 0.544. The van der Waals surface area contributed by atoms with Gasteiger partial charge in [0.05, 0.1) is 5.69 Å². The van der Waals surface area contributed by atoms with Crippen molar-refractivity contribution in [2.45, 2.75) is 39.7 Å². The zero-order chi connectivity index (χ0) is 18.7. The van der Waals surface area contributed by atoms with Crippen molar-refractivity contribution < 1.29 is 9.59 Å². The van der Waals surface area contributed by atoms with Crippen molar-refractivity contribution in [1.29, 1.82) is 0 Å². The number of amides is 1. The van der Waals surface area contributed by atoms with Crippen LogP contribution in [0.5, 0.6) is 0 Å². The monoisotopic (exact) mass is 350 g/mol. The van der Waals surface area contributed by atoms with Crippen molar-refractivity contribution in [3.05, 3.63) is 48.1 Å². The zero-order valence-electron chi connectivity index (χ0n) is 15.2. The van der Waals surface area contributed by atoms with Gasteiger partial charge in [0.2, 0.25) is 5.91 Å². The highest BCUT2D eigenvalue weighted by Crippen LogP contribution is 2.27. The van der Waals surface area contributed by atoms with Gasteiger partial charge in [0.15, 0.2) is 5.78 Å². The number of carbonyl (C=O) groups is 2. The number of hydrogen-bond acceptors (Lipinski definition) is 5. The number of ketones is 1. The van der Waals surface area contributed by atoms with Crippen LogP contribution in [0, 0.1) is 0 Å². The first-order chi connectivity index (χ1) is 12.5. The molecular weight excluding hydrogens is 328 g/mol. The van der Waals surface area contributed by atoms with Gasteiger partial charge in [-0.25, -0.2) is 4.98 Å². The van der Waals surface area contributed by atoms with Gasteiger partial charge in [-0.1, -0.05) is 13.0 Å². The molecule has 2 aromatic heterocycles. The fourth-order valence-corrected chi connectivity index (χ4v) is 2.97. The average molecular weight is 350 g/mol. The zero-order valence-corrected chi connectivity index (χ0v) is 15.2. The number of nitrogens with one attached hydrogen (secondary N) is 2. The maximum Gasteiger partial charge on any atom is 0.222 e. The van der Waals surface area contributed by atoms with E-state index in [1.807, 2.05) is 32.2 Å². The second kappa shape index (κ2) is 7.47. The predicted octanol–water partition coefficient (Wildman–Crippen LogP) is 3.22. The fraction of sp³-hybridized carbons (Fsp3) is 0.300. The molecule has 0 aliphatic carbocycles. The Labute approximate surface area is 152 Å². The van der Waals surface area contributed by atoms with Crippen LogP contribution in [0.25, 0.3) is 16.3 Å². The molecule has 3 rings (SSSR count). The van der Waals surface area contributed by atoms with E-state index in [1.165, 1.54) is 6.92 Å². The summed E-state index contributed by atoms with van der Waals surface area (Å²) < 4.78 is 0.